The molecule has 0 aliphatic heterocycles. The first kappa shape index (κ1) is 71.6. The predicted octanol–water partition coefficient (Wildman–Crippen LogP) is 21.0. The number of hydrogen-bond acceptors (Lipinski definition) is 6. The van der Waals surface area contributed by atoms with Crippen molar-refractivity contribution in [2.45, 2.75) is 320 Å². The molecule has 0 bridgehead atoms. The van der Waals surface area contributed by atoms with Crippen molar-refractivity contribution in [3.05, 3.63) is 82.9 Å². The second-order valence-electron chi connectivity index (χ2n) is 22.9. The molecule has 0 N–H and O–H groups in total. The Morgan fingerprint density at radius 1 is 0.260 bits per heavy atom. The van der Waals surface area contributed by atoms with Crippen LogP contribution in [0.15, 0.2) is 70.5 Å². The van der Waals surface area contributed by atoms with Gasteiger partial charge in [-0.2, -0.15) is 0 Å². The molecule has 0 saturated heterocycles. The summed E-state index contributed by atoms with van der Waals surface area (Å²) in [5, 5.41) is 3.81. The van der Waals surface area contributed by atoms with Gasteiger partial charge in [-0.3, -0.25) is 0 Å². The Hall–Kier alpha value is -1.52. The molecule has 6 nitrogen and oxygen atoms in total. The van der Waals surface area contributed by atoms with Crippen LogP contribution in [0.3, 0.4) is 0 Å². The van der Waals surface area contributed by atoms with Gasteiger partial charge < -0.3 is 9.11 Å². The number of rotatable bonds is 46. The molecule has 77 heavy (non-hydrogen) atoms. The molecule has 9 heteroatoms. The van der Waals surface area contributed by atoms with Crippen LogP contribution in [0.1, 0.15) is 307 Å². The molecule has 0 unspecified atom stereocenters. The van der Waals surface area contributed by atoms with Gasteiger partial charge in [-0.15, -0.1) is 0 Å². The second kappa shape index (κ2) is 45.1. The van der Waals surface area contributed by atoms with Crippen molar-refractivity contribution in [2.75, 3.05) is 0 Å². The van der Waals surface area contributed by atoms with E-state index in [4.69, 9.17) is 0 Å². The van der Waals surface area contributed by atoms with Gasteiger partial charge in [-0.1, -0.05) is 295 Å². The molecule has 0 amide bonds. The number of hydrogen-bond donors (Lipinski definition) is 0. The van der Waals surface area contributed by atoms with Crippen molar-refractivity contribution in [2.24, 2.45) is 0 Å². The zero-order valence-corrected chi connectivity index (χ0v) is 53.7. The average Bonchev–Trinajstić information content (AvgIpc) is 3.40. The Morgan fingerprint density at radius 2 is 0.442 bits per heavy atom. The first-order valence-electron chi connectivity index (χ1n) is 31.9. The Kier molecular flexibility index (Phi) is 41.9. The summed E-state index contributed by atoms with van der Waals surface area (Å²) in [5.41, 5.74) is 5.50. The molecular weight excluding hydrogens is 1020 g/mol. The smallest absolute Gasteiger partial charge is 0.744 e. The van der Waals surface area contributed by atoms with Crippen molar-refractivity contribution in [3.63, 3.8) is 0 Å². The van der Waals surface area contributed by atoms with Crippen molar-refractivity contribution in [3.8, 4) is 0 Å². The Bertz CT molecular complexity index is 2160. The molecule has 0 atom stereocenters. The number of benzene rings is 4. The molecule has 4 aromatic rings. The molecule has 0 heterocycles. The van der Waals surface area contributed by atoms with Gasteiger partial charge >= 0.3 is 37.7 Å². The minimum absolute atomic E-state index is 0. The van der Waals surface area contributed by atoms with E-state index in [1.807, 2.05) is 0 Å². The minimum atomic E-state index is -4.44. The van der Waals surface area contributed by atoms with Crippen molar-refractivity contribution in [1.29, 1.82) is 0 Å². The van der Waals surface area contributed by atoms with Crippen LogP contribution in [0.2, 0.25) is 0 Å². The Balaban J connectivity index is 0.000000520. The van der Waals surface area contributed by atoms with Gasteiger partial charge in [-0.05, 0) is 119 Å². The number of fused-ring (bicyclic) bond motifs is 2. The Morgan fingerprint density at radius 3 is 0.636 bits per heavy atom. The zero-order chi connectivity index (χ0) is 55.0. The summed E-state index contributed by atoms with van der Waals surface area (Å²) in [4.78, 5) is -0.255. The molecular formula is C68H110CaO6S2. The summed E-state index contributed by atoms with van der Waals surface area (Å²) in [7, 11) is -8.87. The molecule has 0 fully saturated rings. The molecule has 0 spiro atoms. The van der Waals surface area contributed by atoms with Crippen LogP contribution in [0, 0.1) is 0 Å². The maximum atomic E-state index is 11.6. The van der Waals surface area contributed by atoms with E-state index >= 15 is 0 Å². The maximum Gasteiger partial charge on any atom is 2.00 e. The molecule has 0 radical (unpaired) electrons. The van der Waals surface area contributed by atoms with Crippen molar-refractivity contribution >= 4 is 79.5 Å². The van der Waals surface area contributed by atoms with Crippen LogP contribution >= 0.6 is 0 Å². The summed E-state index contributed by atoms with van der Waals surface area (Å²) >= 11 is 0. The largest absolute Gasteiger partial charge is 2.00 e. The second-order valence-corrected chi connectivity index (χ2v) is 25.7. The molecule has 0 aliphatic rings. The van der Waals surface area contributed by atoms with Gasteiger partial charge in [0.1, 0.15) is 20.2 Å². The fraction of sp³-hybridized carbons (Fsp3) is 0.706. The van der Waals surface area contributed by atoms with Crippen LogP contribution < -0.4 is 0 Å². The normalized spacial score (nSPS) is 11.8. The van der Waals surface area contributed by atoms with Gasteiger partial charge in [0.05, 0.1) is 9.79 Å². The van der Waals surface area contributed by atoms with Gasteiger partial charge in [-0.25, -0.2) is 16.8 Å². The van der Waals surface area contributed by atoms with Crippen LogP contribution in [-0.4, -0.2) is 63.7 Å². The van der Waals surface area contributed by atoms with E-state index in [2.05, 4.69) is 52.0 Å². The van der Waals surface area contributed by atoms with Crippen LogP contribution in [0.25, 0.3) is 21.5 Å². The van der Waals surface area contributed by atoms with E-state index in [0.717, 1.165) is 47.2 Å². The fourth-order valence-electron chi connectivity index (χ4n) is 11.2. The van der Waals surface area contributed by atoms with Crippen LogP contribution in [-0.2, 0) is 45.9 Å². The standard InChI is InChI=1S/2C34H56O3S.Ca/c2*1-3-5-7-9-11-13-15-17-19-21-23-30-27-32-25-26-34(38(35,36)37)29-33(32)28-31(30)24-22-20-18-16-14-12-10-8-6-4-2;/h2*25-29H,3-24H2,1-2H3,(H,35,36,37);/q;;+2/p-2. The van der Waals surface area contributed by atoms with Crippen LogP contribution in [0.5, 0.6) is 0 Å². The van der Waals surface area contributed by atoms with Gasteiger partial charge in [0.15, 0.2) is 0 Å². The first-order chi connectivity index (χ1) is 36.9. The third-order valence-corrected chi connectivity index (χ3v) is 17.7. The summed E-state index contributed by atoms with van der Waals surface area (Å²) < 4.78 is 69.4. The predicted molar refractivity (Wildman–Crippen MR) is 332 cm³/mol. The molecule has 0 saturated carbocycles. The Labute approximate surface area is 504 Å². The third kappa shape index (κ3) is 33.2. The van der Waals surface area contributed by atoms with E-state index in [-0.39, 0.29) is 47.5 Å². The monoisotopic (exact) mass is 1130 g/mol. The zero-order valence-electron chi connectivity index (χ0n) is 49.9. The maximum absolute atomic E-state index is 11.6. The number of aryl methyl sites for hydroxylation is 4. The molecule has 4 rings (SSSR count). The van der Waals surface area contributed by atoms with Gasteiger partial charge in [0.25, 0.3) is 0 Å². The summed E-state index contributed by atoms with van der Waals surface area (Å²) in [6, 6.07) is 18.4. The molecule has 432 valence electrons. The molecule has 0 aliphatic carbocycles. The van der Waals surface area contributed by atoms with Crippen molar-refractivity contribution in [1.82, 2.24) is 0 Å². The van der Waals surface area contributed by atoms with E-state index in [1.54, 1.807) is 24.3 Å². The van der Waals surface area contributed by atoms with E-state index in [9.17, 15) is 25.9 Å². The van der Waals surface area contributed by atoms with Gasteiger partial charge in [0.2, 0.25) is 0 Å². The number of unbranched alkanes of at least 4 members (excludes halogenated alkanes) is 36. The average molecular weight is 1130 g/mol. The summed E-state index contributed by atoms with van der Waals surface area (Å²) in [5.74, 6) is 0. The SMILES string of the molecule is CCCCCCCCCCCCc1cc2ccc(S(=O)(=O)[O-])cc2cc1CCCCCCCCCCCC.CCCCCCCCCCCCc1cc2ccc(S(=O)(=O)[O-])cc2cc1CCCCCCCCCCCC.[Ca+2]. The fourth-order valence-corrected chi connectivity index (χ4v) is 12.2. The van der Waals surface area contributed by atoms with E-state index in [0.29, 0.717) is 0 Å². The summed E-state index contributed by atoms with van der Waals surface area (Å²) in [6.45, 7) is 9.07. The molecule has 0 aromatic heterocycles. The first-order valence-corrected chi connectivity index (χ1v) is 34.8. The quantitative estimate of drug-likeness (QED) is 0.0247. The summed E-state index contributed by atoms with van der Waals surface area (Å²) in [6.07, 6.45) is 57.5. The minimum Gasteiger partial charge on any atom is -0.744 e. The topological polar surface area (TPSA) is 114 Å². The third-order valence-electron chi connectivity index (χ3n) is 16.0. The van der Waals surface area contributed by atoms with Crippen LogP contribution in [0.4, 0.5) is 0 Å². The molecule has 4 aromatic carbocycles. The van der Waals surface area contributed by atoms with Crippen molar-refractivity contribution < 1.29 is 25.9 Å². The van der Waals surface area contributed by atoms with E-state index < -0.39 is 20.2 Å². The van der Waals surface area contributed by atoms with Gasteiger partial charge in [0, 0.05) is 0 Å². The van der Waals surface area contributed by atoms with E-state index in [1.165, 1.54) is 291 Å².